The van der Waals surface area contributed by atoms with Crippen LogP contribution < -0.4 is 17.2 Å². The zero-order valence-electron chi connectivity index (χ0n) is 7.16. The number of benzene rings is 1. The summed E-state index contributed by atoms with van der Waals surface area (Å²) in [4.78, 5) is 10.6. The monoisotopic (exact) mass is 178 g/mol. The number of nitrogens with two attached hydrogens (primary N) is 2. The van der Waals surface area contributed by atoms with E-state index in [1.54, 1.807) is 12.1 Å². The number of nitrogen functional groups attached to an aromatic ring is 1. The Hall–Kier alpha value is -1.55. The van der Waals surface area contributed by atoms with Crippen molar-refractivity contribution in [2.24, 2.45) is 5.73 Å². The van der Waals surface area contributed by atoms with Gasteiger partial charge in [0.15, 0.2) is 0 Å². The Balaban J connectivity index is 2.74. The molecule has 4 nitrogen and oxygen atoms in total. The minimum absolute atomic E-state index is 0.328. The highest BCUT2D eigenvalue weighted by Gasteiger charge is 2.11. The summed E-state index contributed by atoms with van der Waals surface area (Å²) in [6, 6.07) is 6.42. The first-order valence-electron chi connectivity index (χ1n) is 3.95. The molecular weight excluding hydrogens is 166 g/mol. The van der Waals surface area contributed by atoms with Gasteiger partial charge < -0.3 is 11.5 Å². The summed E-state index contributed by atoms with van der Waals surface area (Å²) >= 11 is 0. The van der Waals surface area contributed by atoms with Gasteiger partial charge in [0, 0.05) is 5.69 Å². The van der Waals surface area contributed by atoms with Crippen molar-refractivity contribution in [3.8, 4) is 0 Å². The van der Waals surface area contributed by atoms with Crippen LogP contribution in [0.1, 0.15) is 5.56 Å². The summed E-state index contributed by atoms with van der Waals surface area (Å²) in [6.07, 6.45) is 0.328. The number of anilines is 1. The molecule has 1 aromatic carbocycles. The van der Waals surface area contributed by atoms with Crippen LogP contribution in [0.3, 0.4) is 0 Å². The van der Waals surface area contributed by atoms with E-state index in [0.717, 1.165) is 5.56 Å². The molecule has 0 fully saturated rings. The van der Waals surface area contributed by atoms with Crippen LogP contribution in [0.25, 0.3) is 0 Å². The van der Waals surface area contributed by atoms with Crippen molar-refractivity contribution in [1.29, 1.82) is 0 Å². The van der Waals surface area contributed by atoms with Gasteiger partial charge in [-0.25, -0.2) is 0 Å². The lowest BCUT2D eigenvalue weighted by Gasteiger charge is -2.08. The second-order valence-electron chi connectivity index (χ2n) is 2.87. The summed E-state index contributed by atoms with van der Waals surface area (Å²) in [7, 11) is 0. The molecule has 1 atom stereocenters. The molecule has 69 valence electrons. The Bertz CT molecular complexity index is 311. The van der Waals surface area contributed by atoms with Crippen LogP contribution in [-0.4, -0.2) is 11.9 Å². The molecule has 13 heavy (non-hydrogen) atoms. The minimum Gasteiger partial charge on any atom is -0.399 e. The third-order valence-corrected chi connectivity index (χ3v) is 1.83. The van der Waals surface area contributed by atoms with Gasteiger partial charge in [-0.3, -0.25) is 10.5 Å². The van der Waals surface area contributed by atoms with E-state index in [4.69, 9.17) is 17.2 Å². The molecule has 1 rings (SSSR count). The predicted octanol–water partition coefficient (Wildman–Crippen LogP) is -0.0519. The summed E-state index contributed by atoms with van der Waals surface area (Å²) < 4.78 is 0. The Labute approximate surface area is 76.7 Å². The molecule has 1 amide bonds. The first kappa shape index (κ1) is 9.54. The molecule has 0 unspecified atom stereocenters. The fourth-order valence-corrected chi connectivity index (χ4v) is 1.05. The SMILES string of the molecule is [NH]C(=O)[C@@H](N)Cc1ccccc1N. The van der Waals surface area contributed by atoms with E-state index in [1.807, 2.05) is 12.1 Å². The van der Waals surface area contributed by atoms with E-state index in [1.165, 1.54) is 0 Å². The molecule has 0 saturated carbocycles. The molecule has 5 N–H and O–H groups in total. The number of carbonyl (C=O) groups excluding carboxylic acids is 1. The van der Waals surface area contributed by atoms with E-state index in [0.29, 0.717) is 12.1 Å². The fourth-order valence-electron chi connectivity index (χ4n) is 1.05. The van der Waals surface area contributed by atoms with Crippen molar-refractivity contribution < 1.29 is 4.79 Å². The normalized spacial score (nSPS) is 12.4. The molecular formula is C9H12N3O. The first-order chi connectivity index (χ1) is 6.11. The zero-order valence-corrected chi connectivity index (χ0v) is 7.16. The number of hydrogen-bond acceptors (Lipinski definition) is 3. The average Bonchev–Trinajstić information content (AvgIpc) is 2.08. The molecule has 4 heteroatoms. The van der Waals surface area contributed by atoms with Crippen LogP contribution in [0.15, 0.2) is 24.3 Å². The van der Waals surface area contributed by atoms with Gasteiger partial charge in [-0.05, 0) is 18.1 Å². The lowest BCUT2D eigenvalue weighted by Crippen LogP contribution is -2.33. The van der Waals surface area contributed by atoms with Crippen molar-refractivity contribution in [3.63, 3.8) is 0 Å². The second-order valence-corrected chi connectivity index (χ2v) is 2.87. The topological polar surface area (TPSA) is 92.9 Å². The largest absolute Gasteiger partial charge is 0.399 e. The van der Waals surface area contributed by atoms with Crippen molar-refractivity contribution in [1.82, 2.24) is 5.73 Å². The molecule has 0 aliphatic rings. The number of amides is 1. The molecule has 0 aliphatic heterocycles. The number of carbonyl (C=O) groups is 1. The summed E-state index contributed by atoms with van der Waals surface area (Å²) in [5, 5.41) is 0. The highest BCUT2D eigenvalue weighted by atomic mass is 16.1. The van der Waals surface area contributed by atoms with E-state index in [9.17, 15) is 4.79 Å². The molecule has 1 aromatic rings. The van der Waals surface area contributed by atoms with E-state index >= 15 is 0 Å². The summed E-state index contributed by atoms with van der Waals surface area (Å²) in [6.45, 7) is 0. The Morgan fingerprint density at radius 3 is 2.62 bits per heavy atom. The molecule has 0 saturated heterocycles. The van der Waals surface area contributed by atoms with Crippen LogP contribution in [0.5, 0.6) is 0 Å². The van der Waals surface area contributed by atoms with Crippen LogP contribution >= 0.6 is 0 Å². The van der Waals surface area contributed by atoms with E-state index in [-0.39, 0.29) is 0 Å². The number of hydrogen-bond donors (Lipinski definition) is 2. The molecule has 0 spiro atoms. The molecule has 0 aromatic heterocycles. The van der Waals surface area contributed by atoms with Crippen molar-refractivity contribution in [2.75, 3.05) is 5.73 Å². The Kier molecular flexibility index (Phi) is 2.87. The lowest BCUT2D eigenvalue weighted by atomic mass is 10.0. The van der Waals surface area contributed by atoms with E-state index in [2.05, 4.69) is 0 Å². The van der Waals surface area contributed by atoms with Crippen LogP contribution in [0, 0.1) is 0 Å². The quantitative estimate of drug-likeness (QED) is 0.635. The summed E-state index contributed by atoms with van der Waals surface area (Å²) in [5.41, 5.74) is 19.3. The highest BCUT2D eigenvalue weighted by Crippen LogP contribution is 2.11. The minimum atomic E-state index is -0.773. The highest BCUT2D eigenvalue weighted by molar-refractivity contribution is 5.79. The van der Waals surface area contributed by atoms with Gasteiger partial charge in [-0.15, -0.1) is 0 Å². The number of rotatable bonds is 3. The summed E-state index contributed by atoms with van der Waals surface area (Å²) in [5.74, 6) is -0.761. The van der Waals surface area contributed by atoms with E-state index < -0.39 is 11.9 Å². The zero-order chi connectivity index (χ0) is 9.84. The number of nitrogens with one attached hydrogen (secondary N) is 1. The maximum atomic E-state index is 10.6. The van der Waals surface area contributed by atoms with Gasteiger partial charge in [-0.2, -0.15) is 0 Å². The van der Waals surface area contributed by atoms with Crippen molar-refractivity contribution >= 4 is 11.6 Å². The number of para-hydroxylation sites is 1. The van der Waals surface area contributed by atoms with Crippen molar-refractivity contribution in [2.45, 2.75) is 12.5 Å². The van der Waals surface area contributed by atoms with Crippen LogP contribution in [0.4, 0.5) is 5.69 Å². The standard InChI is InChI=1S/C9H12N3O/c10-7-4-2-1-3-6(7)5-8(11)9(12)13/h1-4,8,12H,5,10-11H2/t8-/m0/s1. The second kappa shape index (κ2) is 3.91. The Morgan fingerprint density at radius 1 is 1.46 bits per heavy atom. The maximum absolute atomic E-state index is 10.6. The van der Waals surface area contributed by atoms with Crippen LogP contribution in [0.2, 0.25) is 0 Å². The van der Waals surface area contributed by atoms with Crippen molar-refractivity contribution in [3.05, 3.63) is 29.8 Å². The lowest BCUT2D eigenvalue weighted by molar-refractivity contribution is -0.119. The fraction of sp³-hybridized carbons (Fsp3) is 0.222. The maximum Gasteiger partial charge on any atom is 0.255 e. The predicted molar refractivity (Wildman–Crippen MR) is 50.6 cm³/mol. The third kappa shape index (κ3) is 2.45. The van der Waals surface area contributed by atoms with Gasteiger partial charge in [-0.1, -0.05) is 18.2 Å². The molecule has 0 aliphatic carbocycles. The first-order valence-corrected chi connectivity index (χ1v) is 3.95. The molecule has 1 radical (unpaired) electrons. The van der Waals surface area contributed by atoms with Gasteiger partial charge in [0.2, 0.25) is 0 Å². The average molecular weight is 178 g/mol. The molecule has 0 heterocycles. The van der Waals surface area contributed by atoms with Gasteiger partial charge in [0.05, 0.1) is 6.04 Å². The molecule has 0 bridgehead atoms. The van der Waals surface area contributed by atoms with Crippen LogP contribution in [-0.2, 0) is 11.2 Å². The van der Waals surface area contributed by atoms with Gasteiger partial charge in [0.1, 0.15) is 0 Å². The van der Waals surface area contributed by atoms with Gasteiger partial charge >= 0.3 is 0 Å². The third-order valence-electron chi connectivity index (χ3n) is 1.83. The smallest absolute Gasteiger partial charge is 0.255 e. The van der Waals surface area contributed by atoms with Gasteiger partial charge in [0.25, 0.3) is 5.91 Å². The Morgan fingerprint density at radius 2 is 2.08 bits per heavy atom.